The van der Waals surface area contributed by atoms with Gasteiger partial charge in [-0.1, -0.05) is 18.6 Å². The zero-order valence-electron chi connectivity index (χ0n) is 13.7. The van der Waals surface area contributed by atoms with Crippen LogP contribution in [0.3, 0.4) is 0 Å². The van der Waals surface area contributed by atoms with Gasteiger partial charge >= 0.3 is 5.97 Å². The number of ether oxygens (including phenoxy) is 1. The Kier molecular flexibility index (Phi) is 4.26. The highest BCUT2D eigenvalue weighted by Crippen LogP contribution is 2.56. The van der Waals surface area contributed by atoms with Crippen molar-refractivity contribution in [3.05, 3.63) is 22.8 Å². The molecule has 0 aromatic carbocycles. The smallest absolute Gasteiger partial charge is 0.338 e. The average Bonchev–Trinajstić information content (AvgIpc) is 2.76. The van der Waals surface area contributed by atoms with Crippen LogP contribution in [-0.4, -0.2) is 38.0 Å². The monoisotopic (exact) mass is 291 g/mol. The third kappa shape index (κ3) is 2.52. The van der Waals surface area contributed by atoms with Crippen molar-refractivity contribution in [2.45, 2.75) is 39.5 Å². The van der Waals surface area contributed by atoms with Crippen LogP contribution in [-0.2, 0) is 14.3 Å². The zero-order valence-corrected chi connectivity index (χ0v) is 13.7. The molecule has 0 N–H and O–H groups in total. The predicted molar refractivity (Wildman–Crippen MR) is 81.6 cm³/mol. The summed E-state index contributed by atoms with van der Waals surface area (Å²) in [4.78, 5) is 26.1. The van der Waals surface area contributed by atoms with Crippen molar-refractivity contribution < 1.29 is 14.3 Å². The maximum absolute atomic E-state index is 12.3. The summed E-state index contributed by atoms with van der Waals surface area (Å²) in [5.41, 5.74) is 2.63. The molecule has 0 heterocycles. The molecule has 2 rings (SSSR count). The summed E-state index contributed by atoms with van der Waals surface area (Å²) in [6, 6.07) is 0. The second-order valence-corrected chi connectivity index (χ2v) is 6.52. The molecule has 2 aliphatic carbocycles. The minimum atomic E-state index is -0.269. The van der Waals surface area contributed by atoms with E-state index in [0.29, 0.717) is 17.9 Å². The summed E-state index contributed by atoms with van der Waals surface area (Å²) in [5.74, 6) is 0.233. The van der Waals surface area contributed by atoms with Crippen LogP contribution in [0.4, 0.5) is 0 Å². The fourth-order valence-electron chi connectivity index (χ4n) is 3.66. The number of fused-ring (bicyclic) bond motifs is 1. The van der Waals surface area contributed by atoms with Gasteiger partial charge in [0.2, 0.25) is 5.91 Å². The van der Waals surface area contributed by atoms with Crippen LogP contribution >= 0.6 is 0 Å². The molecule has 0 radical (unpaired) electrons. The molecule has 21 heavy (non-hydrogen) atoms. The average molecular weight is 291 g/mol. The Labute approximate surface area is 126 Å². The third-order valence-corrected chi connectivity index (χ3v) is 5.15. The molecule has 0 spiro atoms. The Hall–Kier alpha value is -1.58. The maximum atomic E-state index is 12.3. The molecule has 2 atom stereocenters. The number of rotatable bonds is 3. The van der Waals surface area contributed by atoms with Gasteiger partial charge in [-0.15, -0.1) is 0 Å². The molecule has 0 aromatic rings. The number of methoxy groups -OCH3 is 1. The minimum absolute atomic E-state index is 0.124. The summed E-state index contributed by atoms with van der Waals surface area (Å²) < 4.78 is 4.97. The fourth-order valence-corrected chi connectivity index (χ4v) is 3.66. The van der Waals surface area contributed by atoms with Gasteiger partial charge in [-0.2, -0.15) is 0 Å². The van der Waals surface area contributed by atoms with Crippen LogP contribution in [0.2, 0.25) is 0 Å². The van der Waals surface area contributed by atoms with E-state index >= 15 is 0 Å². The van der Waals surface area contributed by atoms with Crippen molar-refractivity contribution >= 4 is 11.9 Å². The quantitative estimate of drug-likeness (QED) is 0.751. The molecule has 2 aliphatic rings. The van der Waals surface area contributed by atoms with E-state index in [-0.39, 0.29) is 17.3 Å². The highest BCUT2D eigenvalue weighted by atomic mass is 16.5. The number of hydrogen-bond acceptors (Lipinski definition) is 3. The molecule has 4 nitrogen and oxygen atoms in total. The molecule has 0 aliphatic heterocycles. The highest BCUT2D eigenvalue weighted by molar-refractivity contribution is 5.95. The lowest BCUT2D eigenvalue weighted by Crippen LogP contribution is -2.38. The topological polar surface area (TPSA) is 46.6 Å². The number of carbonyl (C=O) groups excluding carboxylic acids is 2. The Morgan fingerprint density at radius 3 is 2.67 bits per heavy atom. The van der Waals surface area contributed by atoms with E-state index in [1.54, 1.807) is 19.0 Å². The first-order valence-electron chi connectivity index (χ1n) is 7.52. The lowest BCUT2D eigenvalue weighted by Gasteiger charge is -2.41. The summed E-state index contributed by atoms with van der Waals surface area (Å²) in [6.07, 6.45) is 5.33. The van der Waals surface area contributed by atoms with Crippen LogP contribution < -0.4 is 0 Å². The highest BCUT2D eigenvalue weighted by Gasteiger charge is 2.49. The summed E-state index contributed by atoms with van der Waals surface area (Å²) in [5, 5.41) is 0. The molecular formula is C17H25NO3. The van der Waals surface area contributed by atoms with Crippen molar-refractivity contribution in [1.29, 1.82) is 0 Å². The van der Waals surface area contributed by atoms with Gasteiger partial charge < -0.3 is 9.64 Å². The van der Waals surface area contributed by atoms with Crippen molar-refractivity contribution in [3.63, 3.8) is 0 Å². The third-order valence-electron chi connectivity index (χ3n) is 5.15. The predicted octanol–water partition coefficient (Wildman–Crippen LogP) is 2.70. The van der Waals surface area contributed by atoms with E-state index < -0.39 is 0 Å². The van der Waals surface area contributed by atoms with Gasteiger partial charge in [-0.05, 0) is 37.7 Å². The molecule has 116 valence electrons. The van der Waals surface area contributed by atoms with E-state index in [0.717, 1.165) is 30.4 Å². The molecule has 0 saturated heterocycles. The van der Waals surface area contributed by atoms with E-state index in [9.17, 15) is 9.59 Å². The molecule has 0 aromatic heterocycles. The van der Waals surface area contributed by atoms with Crippen molar-refractivity contribution in [2.24, 2.45) is 11.3 Å². The van der Waals surface area contributed by atoms with Crippen LogP contribution in [0.25, 0.3) is 0 Å². The van der Waals surface area contributed by atoms with Crippen LogP contribution in [0.15, 0.2) is 22.8 Å². The SMILES string of the molecule is COC(=O)C1=C(C)CC[C@]2(CC(=O)N(C)C)C1=CC[C@H]2C. The van der Waals surface area contributed by atoms with E-state index in [4.69, 9.17) is 4.74 Å². The first kappa shape index (κ1) is 15.8. The first-order valence-corrected chi connectivity index (χ1v) is 7.52. The Balaban J connectivity index is 2.43. The number of esters is 1. The van der Waals surface area contributed by atoms with Crippen molar-refractivity contribution in [2.75, 3.05) is 21.2 Å². The van der Waals surface area contributed by atoms with Gasteiger partial charge in [0.15, 0.2) is 0 Å². The molecule has 1 amide bonds. The maximum Gasteiger partial charge on any atom is 0.338 e. The number of nitrogens with zero attached hydrogens (tertiary/aromatic N) is 1. The largest absolute Gasteiger partial charge is 0.465 e. The molecule has 0 bridgehead atoms. The van der Waals surface area contributed by atoms with Gasteiger partial charge in [-0.3, -0.25) is 4.79 Å². The molecule has 0 fully saturated rings. The second kappa shape index (κ2) is 5.66. The van der Waals surface area contributed by atoms with Crippen LogP contribution in [0.5, 0.6) is 0 Å². The van der Waals surface area contributed by atoms with Crippen LogP contribution in [0.1, 0.15) is 39.5 Å². The zero-order chi connectivity index (χ0) is 15.8. The lowest BCUT2D eigenvalue weighted by molar-refractivity contribution is -0.137. The summed E-state index contributed by atoms with van der Waals surface area (Å²) >= 11 is 0. The minimum Gasteiger partial charge on any atom is -0.465 e. The normalized spacial score (nSPS) is 28.0. The number of carbonyl (C=O) groups is 2. The standard InChI is InChI=1S/C17H25NO3/c1-11-8-9-17(10-14(19)18(3)4)12(2)6-7-13(17)15(11)16(20)21-5/h7,12H,6,8-10H2,1-5H3/t12-,17-/m1/s1. The van der Waals surface area contributed by atoms with Gasteiger partial charge in [0.05, 0.1) is 12.7 Å². The van der Waals surface area contributed by atoms with Gasteiger partial charge in [0.25, 0.3) is 0 Å². The Bertz CT molecular complexity index is 530. The molecule has 0 unspecified atom stereocenters. The van der Waals surface area contributed by atoms with Crippen molar-refractivity contribution in [3.8, 4) is 0 Å². The van der Waals surface area contributed by atoms with E-state index in [1.807, 2.05) is 6.92 Å². The first-order chi connectivity index (χ1) is 9.83. The lowest BCUT2D eigenvalue weighted by atomic mass is 9.63. The van der Waals surface area contributed by atoms with Crippen molar-refractivity contribution in [1.82, 2.24) is 4.90 Å². The van der Waals surface area contributed by atoms with E-state index in [1.165, 1.54) is 7.11 Å². The Morgan fingerprint density at radius 1 is 1.43 bits per heavy atom. The number of allylic oxidation sites excluding steroid dienone is 2. The number of hydrogen-bond donors (Lipinski definition) is 0. The molecule has 0 saturated carbocycles. The molecular weight excluding hydrogens is 266 g/mol. The van der Waals surface area contributed by atoms with Crippen LogP contribution in [0, 0.1) is 11.3 Å². The fraction of sp³-hybridized carbons (Fsp3) is 0.647. The Morgan fingerprint density at radius 2 is 2.10 bits per heavy atom. The van der Waals surface area contributed by atoms with Gasteiger partial charge in [-0.25, -0.2) is 4.79 Å². The summed E-state index contributed by atoms with van der Waals surface area (Å²) in [7, 11) is 4.99. The van der Waals surface area contributed by atoms with Gasteiger partial charge in [0, 0.05) is 25.9 Å². The van der Waals surface area contributed by atoms with E-state index in [2.05, 4.69) is 13.0 Å². The number of amides is 1. The second-order valence-electron chi connectivity index (χ2n) is 6.52. The van der Waals surface area contributed by atoms with Gasteiger partial charge in [0.1, 0.15) is 0 Å². The molecule has 4 heteroatoms. The summed E-state index contributed by atoms with van der Waals surface area (Å²) in [6.45, 7) is 4.18.